The van der Waals surface area contributed by atoms with Crippen molar-refractivity contribution in [2.75, 3.05) is 4.90 Å². The van der Waals surface area contributed by atoms with Gasteiger partial charge in [0.2, 0.25) is 0 Å². The third-order valence-electron chi connectivity index (χ3n) is 4.02. The molecule has 3 rings (SSSR count). The van der Waals surface area contributed by atoms with E-state index in [0.29, 0.717) is 22.0 Å². The zero-order chi connectivity index (χ0) is 18.2. The molecule has 1 aliphatic heterocycles. The number of aromatic nitrogens is 1. The summed E-state index contributed by atoms with van der Waals surface area (Å²) in [4.78, 5) is 5.55. The lowest BCUT2D eigenvalue weighted by molar-refractivity contribution is -0.0939. The highest BCUT2D eigenvalue weighted by Gasteiger charge is 2.40. The molecule has 0 bridgehead atoms. The Balaban J connectivity index is 2.10. The second kappa shape index (κ2) is 6.56. The van der Waals surface area contributed by atoms with Crippen molar-refractivity contribution in [3.63, 3.8) is 0 Å². The van der Waals surface area contributed by atoms with Crippen LogP contribution < -0.4 is 4.90 Å². The van der Waals surface area contributed by atoms with Gasteiger partial charge in [-0.25, -0.2) is 0 Å². The van der Waals surface area contributed by atoms with Crippen LogP contribution in [0.1, 0.15) is 12.5 Å². The standard InChI is InChI=1S/C19H16ClF3N2/c1-12-8-9-24-17(10-12)15-11-14(6-7-16(15)20)25-13(2)4-3-5-18(25)19(21,22)23/h3-11,13H,1-2H3. The Morgan fingerprint density at radius 3 is 2.60 bits per heavy atom. The number of benzene rings is 1. The molecule has 1 unspecified atom stereocenters. The minimum atomic E-state index is -4.44. The average Bonchev–Trinajstić information content (AvgIpc) is 2.54. The van der Waals surface area contributed by atoms with Crippen molar-refractivity contribution >= 4 is 17.3 Å². The van der Waals surface area contributed by atoms with Crippen LogP contribution in [0, 0.1) is 6.92 Å². The second-order valence-electron chi connectivity index (χ2n) is 5.93. The summed E-state index contributed by atoms with van der Waals surface area (Å²) >= 11 is 6.28. The third-order valence-corrected chi connectivity index (χ3v) is 4.35. The largest absolute Gasteiger partial charge is 0.431 e. The van der Waals surface area contributed by atoms with Crippen LogP contribution in [-0.4, -0.2) is 17.2 Å². The summed E-state index contributed by atoms with van der Waals surface area (Å²) in [7, 11) is 0. The van der Waals surface area contributed by atoms with Crippen LogP contribution in [0.3, 0.4) is 0 Å². The van der Waals surface area contributed by atoms with Crippen LogP contribution in [0.5, 0.6) is 0 Å². The summed E-state index contributed by atoms with van der Waals surface area (Å²) < 4.78 is 40.3. The summed E-state index contributed by atoms with van der Waals surface area (Å²) in [5.41, 5.74) is 1.95. The zero-order valence-electron chi connectivity index (χ0n) is 13.7. The molecule has 1 aromatic carbocycles. The van der Waals surface area contributed by atoms with E-state index in [2.05, 4.69) is 4.98 Å². The molecule has 25 heavy (non-hydrogen) atoms. The smallest absolute Gasteiger partial charge is 0.331 e. The molecule has 0 aliphatic carbocycles. The van der Waals surface area contributed by atoms with Gasteiger partial charge in [-0.15, -0.1) is 0 Å². The first-order valence-electron chi connectivity index (χ1n) is 7.75. The molecule has 2 heterocycles. The number of halogens is 4. The predicted octanol–water partition coefficient (Wildman–Crippen LogP) is 5.92. The first kappa shape index (κ1) is 17.5. The predicted molar refractivity (Wildman–Crippen MR) is 94.6 cm³/mol. The Labute approximate surface area is 149 Å². The SMILES string of the molecule is Cc1ccnc(-c2cc(N3C(C(F)(F)F)=CC=CC3C)ccc2Cl)c1. The van der Waals surface area contributed by atoms with Crippen LogP contribution in [0.15, 0.2) is 60.5 Å². The Kier molecular flexibility index (Phi) is 4.60. The quantitative estimate of drug-likeness (QED) is 0.657. The highest BCUT2D eigenvalue weighted by atomic mass is 35.5. The highest BCUT2D eigenvalue weighted by molar-refractivity contribution is 6.33. The van der Waals surface area contributed by atoms with Crippen LogP contribution in [-0.2, 0) is 0 Å². The third kappa shape index (κ3) is 3.56. The molecule has 0 fully saturated rings. The molecule has 0 N–H and O–H groups in total. The van der Waals surface area contributed by atoms with Crippen molar-refractivity contribution in [3.05, 3.63) is 71.0 Å². The Morgan fingerprint density at radius 1 is 1.16 bits per heavy atom. The number of hydrogen-bond acceptors (Lipinski definition) is 2. The fourth-order valence-corrected chi connectivity index (χ4v) is 3.06. The molecule has 0 spiro atoms. The number of aryl methyl sites for hydroxylation is 1. The van der Waals surface area contributed by atoms with Gasteiger partial charge in [0.15, 0.2) is 0 Å². The van der Waals surface area contributed by atoms with Crippen LogP contribution in [0.25, 0.3) is 11.3 Å². The molecule has 0 radical (unpaired) electrons. The first-order valence-corrected chi connectivity index (χ1v) is 8.12. The number of pyridine rings is 1. The van der Waals surface area contributed by atoms with Crippen molar-refractivity contribution in [1.82, 2.24) is 4.98 Å². The number of nitrogens with zero attached hydrogens (tertiary/aromatic N) is 2. The van der Waals surface area contributed by atoms with E-state index in [0.717, 1.165) is 11.6 Å². The highest BCUT2D eigenvalue weighted by Crippen LogP contribution is 2.38. The maximum Gasteiger partial charge on any atom is 0.431 e. The number of rotatable bonds is 2. The fourth-order valence-electron chi connectivity index (χ4n) is 2.84. The number of alkyl halides is 3. The van der Waals surface area contributed by atoms with E-state index in [1.165, 1.54) is 11.0 Å². The van der Waals surface area contributed by atoms with Crippen molar-refractivity contribution in [3.8, 4) is 11.3 Å². The van der Waals surface area contributed by atoms with Gasteiger partial charge in [-0.05, 0) is 55.8 Å². The van der Waals surface area contributed by atoms with Crippen LogP contribution >= 0.6 is 11.6 Å². The maximum absolute atomic E-state index is 13.4. The van der Waals surface area contributed by atoms with Crippen molar-refractivity contribution in [2.45, 2.75) is 26.1 Å². The van der Waals surface area contributed by atoms with Crippen molar-refractivity contribution < 1.29 is 13.2 Å². The maximum atomic E-state index is 13.4. The Bertz CT molecular complexity index is 856. The minimum Gasteiger partial charge on any atom is -0.331 e. The lowest BCUT2D eigenvalue weighted by Crippen LogP contribution is -2.39. The summed E-state index contributed by atoms with van der Waals surface area (Å²) in [5, 5.41) is 0.444. The molecule has 6 heteroatoms. The molecule has 2 aromatic rings. The average molecular weight is 365 g/mol. The second-order valence-corrected chi connectivity index (χ2v) is 6.33. The zero-order valence-corrected chi connectivity index (χ0v) is 14.4. The van der Waals surface area contributed by atoms with Crippen LogP contribution in [0.2, 0.25) is 5.02 Å². The summed E-state index contributed by atoms with van der Waals surface area (Å²) in [6.07, 6.45) is 1.44. The van der Waals surface area contributed by atoms with Crippen LogP contribution in [0.4, 0.5) is 18.9 Å². The Morgan fingerprint density at radius 2 is 1.92 bits per heavy atom. The normalized spacial score (nSPS) is 17.6. The molecule has 2 nitrogen and oxygen atoms in total. The van der Waals surface area contributed by atoms with Gasteiger partial charge < -0.3 is 4.90 Å². The van der Waals surface area contributed by atoms with Gasteiger partial charge in [0, 0.05) is 23.5 Å². The van der Waals surface area contributed by atoms with E-state index in [-0.39, 0.29) is 0 Å². The lowest BCUT2D eigenvalue weighted by atomic mass is 10.0. The summed E-state index contributed by atoms with van der Waals surface area (Å²) in [6, 6.07) is 8.13. The molecule has 1 aliphatic rings. The van der Waals surface area contributed by atoms with E-state index in [9.17, 15) is 13.2 Å². The first-order chi connectivity index (χ1) is 11.8. The topological polar surface area (TPSA) is 16.1 Å². The van der Waals surface area contributed by atoms with Gasteiger partial charge in [0.25, 0.3) is 0 Å². The van der Waals surface area contributed by atoms with E-state index in [1.54, 1.807) is 37.4 Å². The number of allylic oxidation sites excluding steroid dienone is 3. The van der Waals surface area contributed by atoms with E-state index < -0.39 is 17.9 Å². The van der Waals surface area contributed by atoms with E-state index >= 15 is 0 Å². The Hall–Kier alpha value is -2.27. The van der Waals surface area contributed by atoms with E-state index in [4.69, 9.17) is 11.6 Å². The fraction of sp³-hybridized carbons (Fsp3) is 0.211. The van der Waals surface area contributed by atoms with Gasteiger partial charge in [-0.2, -0.15) is 13.2 Å². The molecule has 0 amide bonds. The molecule has 0 saturated carbocycles. The number of hydrogen-bond donors (Lipinski definition) is 0. The summed E-state index contributed by atoms with van der Waals surface area (Å²) in [6.45, 7) is 3.64. The molecule has 1 aromatic heterocycles. The number of anilines is 1. The summed E-state index contributed by atoms with van der Waals surface area (Å²) in [5.74, 6) is 0. The molecule has 1 atom stereocenters. The molecule has 130 valence electrons. The van der Waals surface area contributed by atoms with Crippen molar-refractivity contribution in [1.29, 1.82) is 0 Å². The lowest BCUT2D eigenvalue weighted by Gasteiger charge is -2.35. The van der Waals surface area contributed by atoms with E-state index in [1.807, 2.05) is 19.1 Å². The van der Waals surface area contributed by atoms with Crippen molar-refractivity contribution in [2.24, 2.45) is 0 Å². The monoisotopic (exact) mass is 364 g/mol. The van der Waals surface area contributed by atoms with Gasteiger partial charge in [-0.1, -0.05) is 23.8 Å². The molecular formula is C19H16ClF3N2. The van der Waals surface area contributed by atoms with Gasteiger partial charge >= 0.3 is 6.18 Å². The molecular weight excluding hydrogens is 349 g/mol. The van der Waals surface area contributed by atoms with Gasteiger partial charge in [0.1, 0.15) is 5.70 Å². The minimum absolute atomic E-state index is 0.420. The van der Waals surface area contributed by atoms with Gasteiger partial charge in [0.05, 0.1) is 10.7 Å². The molecule has 0 saturated heterocycles. The van der Waals surface area contributed by atoms with Gasteiger partial charge in [-0.3, -0.25) is 4.98 Å².